The Kier molecular flexibility index (Phi) is 5.20. The second-order valence-corrected chi connectivity index (χ2v) is 3.79. The molecular formula is C13H16O4. The molecule has 1 heterocycles. The Morgan fingerprint density at radius 3 is 2.71 bits per heavy atom. The zero-order valence-electron chi connectivity index (χ0n) is 10.1. The smallest absolute Gasteiger partial charge is 0.302 e. The average Bonchev–Trinajstić information content (AvgIpc) is 2.78. The minimum Gasteiger partial charge on any atom is -0.472 e. The third kappa shape index (κ3) is 5.15. The first kappa shape index (κ1) is 13.2. The van der Waals surface area contributed by atoms with Crippen molar-refractivity contribution in [1.29, 1.82) is 0 Å². The van der Waals surface area contributed by atoms with E-state index in [1.807, 2.05) is 13.0 Å². The van der Waals surface area contributed by atoms with E-state index in [-0.39, 0.29) is 18.4 Å². The molecule has 1 aromatic heterocycles. The van der Waals surface area contributed by atoms with E-state index in [0.29, 0.717) is 18.4 Å². The van der Waals surface area contributed by atoms with Gasteiger partial charge in [0.05, 0.1) is 11.8 Å². The largest absolute Gasteiger partial charge is 0.472 e. The predicted octanol–water partition coefficient (Wildman–Crippen LogP) is 2.75. The quantitative estimate of drug-likeness (QED) is 0.433. The van der Waals surface area contributed by atoms with Crippen LogP contribution in [0.4, 0.5) is 0 Å². The predicted molar refractivity (Wildman–Crippen MR) is 62.7 cm³/mol. The summed E-state index contributed by atoms with van der Waals surface area (Å²) < 4.78 is 9.62. The Balaban J connectivity index is 2.30. The van der Waals surface area contributed by atoms with Gasteiger partial charge in [-0.05, 0) is 25.5 Å². The van der Waals surface area contributed by atoms with Gasteiger partial charge in [-0.1, -0.05) is 5.57 Å². The van der Waals surface area contributed by atoms with Gasteiger partial charge >= 0.3 is 5.97 Å². The Morgan fingerprint density at radius 1 is 1.35 bits per heavy atom. The number of allylic oxidation sites excluding steroid dienone is 1. The van der Waals surface area contributed by atoms with Crippen LogP contribution in [0.3, 0.4) is 0 Å². The van der Waals surface area contributed by atoms with Crippen LogP contribution < -0.4 is 0 Å². The van der Waals surface area contributed by atoms with Crippen LogP contribution >= 0.6 is 0 Å². The van der Waals surface area contributed by atoms with Crippen molar-refractivity contribution in [2.24, 2.45) is 0 Å². The van der Waals surface area contributed by atoms with Crippen molar-refractivity contribution in [3.8, 4) is 0 Å². The highest BCUT2D eigenvalue weighted by Crippen LogP contribution is 2.10. The van der Waals surface area contributed by atoms with Crippen molar-refractivity contribution in [2.75, 3.05) is 6.61 Å². The summed E-state index contributed by atoms with van der Waals surface area (Å²) in [6.07, 6.45) is 5.83. The van der Waals surface area contributed by atoms with Crippen LogP contribution in [0, 0.1) is 0 Å². The van der Waals surface area contributed by atoms with Gasteiger partial charge in [-0.25, -0.2) is 0 Å². The monoisotopic (exact) mass is 236 g/mol. The fourth-order valence-corrected chi connectivity index (χ4v) is 1.28. The molecule has 0 atom stereocenters. The average molecular weight is 236 g/mol. The molecular weight excluding hydrogens is 220 g/mol. The highest BCUT2D eigenvalue weighted by Gasteiger charge is 2.06. The molecule has 0 aliphatic heterocycles. The van der Waals surface area contributed by atoms with Crippen molar-refractivity contribution in [2.45, 2.75) is 26.7 Å². The number of carbonyl (C=O) groups excluding carboxylic acids is 2. The van der Waals surface area contributed by atoms with E-state index in [9.17, 15) is 9.59 Å². The van der Waals surface area contributed by atoms with Crippen LogP contribution in [-0.4, -0.2) is 18.4 Å². The van der Waals surface area contributed by atoms with Crippen LogP contribution in [0.25, 0.3) is 0 Å². The second-order valence-electron chi connectivity index (χ2n) is 3.79. The van der Waals surface area contributed by atoms with Crippen molar-refractivity contribution < 1.29 is 18.7 Å². The first-order chi connectivity index (χ1) is 8.09. The van der Waals surface area contributed by atoms with Crippen LogP contribution in [0.15, 0.2) is 34.7 Å². The lowest BCUT2D eigenvalue weighted by Crippen LogP contribution is -2.00. The number of hydrogen-bond donors (Lipinski definition) is 0. The van der Waals surface area contributed by atoms with E-state index in [4.69, 9.17) is 9.15 Å². The molecule has 4 nitrogen and oxygen atoms in total. The van der Waals surface area contributed by atoms with E-state index >= 15 is 0 Å². The van der Waals surface area contributed by atoms with Crippen LogP contribution in [0.1, 0.15) is 37.0 Å². The standard InChI is InChI=1S/C13H16O4/c1-10(5-8-17-11(2)14)3-4-13(15)12-6-7-16-9-12/h5-7,9H,3-4,8H2,1-2H3/b10-5+. The van der Waals surface area contributed by atoms with Crippen molar-refractivity contribution in [3.05, 3.63) is 35.8 Å². The fourth-order valence-electron chi connectivity index (χ4n) is 1.28. The van der Waals surface area contributed by atoms with Crippen molar-refractivity contribution in [1.82, 2.24) is 0 Å². The summed E-state index contributed by atoms with van der Waals surface area (Å²) in [6, 6.07) is 1.65. The van der Waals surface area contributed by atoms with E-state index < -0.39 is 0 Å². The SMILES string of the molecule is CC(=O)OC/C=C(\C)CCC(=O)c1ccoc1. The van der Waals surface area contributed by atoms with Gasteiger partial charge in [0.2, 0.25) is 0 Å². The molecule has 0 N–H and O–H groups in total. The molecule has 0 saturated heterocycles. The highest BCUT2D eigenvalue weighted by molar-refractivity contribution is 5.95. The molecule has 0 saturated carbocycles. The number of ether oxygens (including phenoxy) is 1. The molecule has 0 aliphatic carbocycles. The summed E-state index contributed by atoms with van der Waals surface area (Å²) >= 11 is 0. The second kappa shape index (κ2) is 6.68. The molecule has 0 aromatic carbocycles. The Morgan fingerprint density at radius 2 is 2.12 bits per heavy atom. The van der Waals surface area contributed by atoms with Crippen LogP contribution in [-0.2, 0) is 9.53 Å². The molecule has 1 aromatic rings. The Hall–Kier alpha value is -1.84. The summed E-state index contributed by atoms with van der Waals surface area (Å²) in [6.45, 7) is 3.54. The van der Waals surface area contributed by atoms with Gasteiger partial charge in [0.25, 0.3) is 0 Å². The zero-order chi connectivity index (χ0) is 12.7. The molecule has 0 bridgehead atoms. The molecule has 0 fully saturated rings. The number of rotatable bonds is 6. The maximum absolute atomic E-state index is 11.6. The van der Waals surface area contributed by atoms with Gasteiger partial charge in [-0.15, -0.1) is 0 Å². The summed E-state index contributed by atoms with van der Waals surface area (Å²) in [7, 11) is 0. The number of Topliss-reactive ketones (excluding diaryl/α,β-unsaturated/α-hetero) is 1. The molecule has 0 spiro atoms. The van der Waals surface area contributed by atoms with Gasteiger partial charge < -0.3 is 9.15 Å². The molecule has 4 heteroatoms. The highest BCUT2D eigenvalue weighted by atomic mass is 16.5. The van der Waals surface area contributed by atoms with E-state index in [1.54, 1.807) is 6.07 Å². The molecule has 0 unspecified atom stereocenters. The molecule has 92 valence electrons. The van der Waals surface area contributed by atoms with Gasteiger partial charge in [0.1, 0.15) is 12.9 Å². The lowest BCUT2D eigenvalue weighted by Gasteiger charge is -2.01. The van der Waals surface area contributed by atoms with Gasteiger partial charge in [0, 0.05) is 13.3 Å². The minimum absolute atomic E-state index is 0.0546. The lowest BCUT2D eigenvalue weighted by molar-refractivity contribution is -0.139. The number of esters is 1. The van der Waals surface area contributed by atoms with Crippen LogP contribution in [0.5, 0.6) is 0 Å². The molecule has 1 rings (SSSR count). The molecule has 17 heavy (non-hydrogen) atoms. The first-order valence-electron chi connectivity index (χ1n) is 5.44. The molecule has 0 aliphatic rings. The summed E-state index contributed by atoms with van der Waals surface area (Å²) in [5.74, 6) is -0.248. The number of hydrogen-bond acceptors (Lipinski definition) is 4. The van der Waals surface area contributed by atoms with Gasteiger partial charge in [0.15, 0.2) is 5.78 Å². The van der Waals surface area contributed by atoms with E-state index in [2.05, 4.69) is 0 Å². The maximum atomic E-state index is 11.6. The maximum Gasteiger partial charge on any atom is 0.302 e. The Bertz CT molecular complexity index is 401. The molecule has 0 amide bonds. The number of ketones is 1. The van der Waals surface area contributed by atoms with Crippen molar-refractivity contribution >= 4 is 11.8 Å². The number of carbonyl (C=O) groups is 2. The van der Waals surface area contributed by atoms with Gasteiger partial charge in [-0.3, -0.25) is 9.59 Å². The van der Waals surface area contributed by atoms with Gasteiger partial charge in [-0.2, -0.15) is 0 Å². The minimum atomic E-state index is -0.302. The summed E-state index contributed by atoms with van der Waals surface area (Å²) in [5, 5.41) is 0. The van der Waals surface area contributed by atoms with Crippen LogP contribution in [0.2, 0.25) is 0 Å². The summed E-state index contributed by atoms with van der Waals surface area (Å²) in [4.78, 5) is 22.2. The van der Waals surface area contributed by atoms with E-state index in [0.717, 1.165) is 5.57 Å². The number of furan rings is 1. The fraction of sp³-hybridized carbons (Fsp3) is 0.385. The topological polar surface area (TPSA) is 56.5 Å². The zero-order valence-corrected chi connectivity index (χ0v) is 10.1. The van der Waals surface area contributed by atoms with Crippen molar-refractivity contribution in [3.63, 3.8) is 0 Å². The third-order valence-electron chi connectivity index (χ3n) is 2.31. The first-order valence-corrected chi connectivity index (χ1v) is 5.44. The lowest BCUT2D eigenvalue weighted by atomic mass is 10.1. The normalized spacial score (nSPS) is 11.3. The molecule has 0 radical (unpaired) electrons. The van der Waals surface area contributed by atoms with E-state index in [1.165, 1.54) is 19.5 Å². The Labute approximate surface area is 100 Å². The third-order valence-corrected chi connectivity index (χ3v) is 2.31. The summed E-state index contributed by atoms with van der Waals surface area (Å²) in [5.41, 5.74) is 1.63.